The van der Waals surface area contributed by atoms with Crippen molar-refractivity contribution in [2.75, 3.05) is 7.11 Å². The predicted molar refractivity (Wildman–Crippen MR) is 70.2 cm³/mol. The molecule has 1 heterocycles. The van der Waals surface area contributed by atoms with Crippen molar-refractivity contribution in [3.8, 4) is 5.75 Å². The van der Waals surface area contributed by atoms with Gasteiger partial charge in [0.15, 0.2) is 5.78 Å². The standard InChI is InChI=1S/C14H14O2S/c1-9-4-5-13(16-3)12(6-9)14(15)11-7-10(2)17-8-11/h4-8H,1-3H3. The Morgan fingerprint density at radius 2 is 2.00 bits per heavy atom. The van der Waals surface area contributed by atoms with Crippen LogP contribution in [-0.4, -0.2) is 12.9 Å². The van der Waals surface area contributed by atoms with Gasteiger partial charge in [-0.05, 0) is 32.0 Å². The normalized spacial score (nSPS) is 10.3. The van der Waals surface area contributed by atoms with Gasteiger partial charge < -0.3 is 4.74 Å². The lowest BCUT2D eigenvalue weighted by Crippen LogP contribution is -2.03. The molecular formula is C14H14O2S. The lowest BCUT2D eigenvalue weighted by atomic mass is 10.0. The topological polar surface area (TPSA) is 26.3 Å². The molecule has 88 valence electrons. The minimum absolute atomic E-state index is 0.0231. The molecule has 0 saturated heterocycles. The quantitative estimate of drug-likeness (QED) is 0.773. The molecule has 0 bridgehead atoms. The SMILES string of the molecule is COc1ccc(C)cc1C(=O)c1csc(C)c1. The summed E-state index contributed by atoms with van der Waals surface area (Å²) in [6.45, 7) is 3.96. The van der Waals surface area contributed by atoms with Crippen molar-refractivity contribution < 1.29 is 9.53 Å². The zero-order chi connectivity index (χ0) is 12.4. The van der Waals surface area contributed by atoms with Gasteiger partial charge in [-0.25, -0.2) is 0 Å². The van der Waals surface area contributed by atoms with E-state index in [1.807, 2.05) is 43.5 Å². The first kappa shape index (κ1) is 11.9. The summed E-state index contributed by atoms with van der Waals surface area (Å²) < 4.78 is 5.23. The zero-order valence-corrected chi connectivity index (χ0v) is 10.9. The molecule has 0 atom stereocenters. The second-order valence-corrected chi connectivity index (χ2v) is 5.09. The van der Waals surface area contributed by atoms with E-state index in [9.17, 15) is 4.79 Å². The Labute approximate surface area is 105 Å². The van der Waals surface area contributed by atoms with E-state index in [4.69, 9.17) is 4.74 Å². The number of rotatable bonds is 3. The van der Waals surface area contributed by atoms with Crippen molar-refractivity contribution in [3.63, 3.8) is 0 Å². The lowest BCUT2D eigenvalue weighted by molar-refractivity contribution is 0.103. The number of carbonyl (C=O) groups excluding carboxylic acids is 1. The molecule has 0 aliphatic heterocycles. The van der Waals surface area contributed by atoms with Crippen LogP contribution in [0.15, 0.2) is 29.6 Å². The Bertz CT molecular complexity index is 555. The fraction of sp³-hybridized carbons (Fsp3) is 0.214. The second-order valence-electron chi connectivity index (χ2n) is 3.98. The number of hydrogen-bond donors (Lipinski definition) is 0. The summed E-state index contributed by atoms with van der Waals surface area (Å²) >= 11 is 1.58. The number of aryl methyl sites for hydroxylation is 2. The number of benzene rings is 1. The molecule has 0 radical (unpaired) electrons. The Kier molecular flexibility index (Phi) is 3.29. The van der Waals surface area contributed by atoms with Gasteiger partial charge in [-0.15, -0.1) is 11.3 Å². The van der Waals surface area contributed by atoms with Gasteiger partial charge >= 0.3 is 0 Å². The number of ketones is 1. The van der Waals surface area contributed by atoms with E-state index >= 15 is 0 Å². The van der Waals surface area contributed by atoms with Crippen LogP contribution >= 0.6 is 11.3 Å². The van der Waals surface area contributed by atoms with Crippen molar-refractivity contribution in [1.82, 2.24) is 0 Å². The summed E-state index contributed by atoms with van der Waals surface area (Å²) in [4.78, 5) is 13.5. The van der Waals surface area contributed by atoms with Gasteiger partial charge in [0.05, 0.1) is 12.7 Å². The molecule has 0 aliphatic carbocycles. The van der Waals surface area contributed by atoms with Crippen LogP contribution in [0.25, 0.3) is 0 Å². The number of hydrogen-bond acceptors (Lipinski definition) is 3. The number of thiophene rings is 1. The van der Waals surface area contributed by atoms with Crippen LogP contribution in [0.5, 0.6) is 5.75 Å². The van der Waals surface area contributed by atoms with Crippen LogP contribution in [0.2, 0.25) is 0 Å². The molecule has 2 rings (SSSR count). The Hall–Kier alpha value is -1.61. The lowest BCUT2D eigenvalue weighted by Gasteiger charge is -2.07. The molecule has 1 aromatic carbocycles. The van der Waals surface area contributed by atoms with Crippen molar-refractivity contribution >= 4 is 17.1 Å². The maximum absolute atomic E-state index is 12.3. The molecule has 0 N–H and O–H groups in total. The predicted octanol–water partition coefficient (Wildman–Crippen LogP) is 3.60. The minimum atomic E-state index is 0.0231. The van der Waals surface area contributed by atoms with Gasteiger partial charge in [0.1, 0.15) is 5.75 Å². The molecule has 0 amide bonds. The van der Waals surface area contributed by atoms with Crippen molar-refractivity contribution in [2.45, 2.75) is 13.8 Å². The number of methoxy groups -OCH3 is 1. The highest BCUT2D eigenvalue weighted by Crippen LogP contribution is 2.24. The van der Waals surface area contributed by atoms with Crippen molar-refractivity contribution in [1.29, 1.82) is 0 Å². The third kappa shape index (κ3) is 2.39. The summed E-state index contributed by atoms with van der Waals surface area (Å²) in [7, 11) is 1.58. The van der Waals surface area contributed by atoms with Crippen LogP contribution in [0.1, 0.15) is 26.4 Å². The fourth-order valence-electron chi connectivity index (χ4n) is 1.72. The first-order valence-corrected chi connectivity index (χ1v) is 6.24. The second kappa shape index (κ2) is 4.72. The number of carbonyl (C=O) groups is 1. The van der Waals surface area contributed by atoms with E-state index in [-0.39, 0.29) is 5.78 Å². The van der Waals surface area contributed by atoms with E-state index in [1.165, 1.54) is 0 Å². The zero-order valence-electron chi connectivity index (χ0n) is 10.1. The minimum Gasteiger partial charge on any atom is -0.496 e. The largest absolute Gasteiger partial charge is 0.496 e. The molecule has 0 fully saturated rings. The summed E-state index contributed by atoms with van der Waals surface area (Å²) in [6.07, 6.45) is 0. The van der Waals surface area contributed by atoms with E-state index in [2.05, 4.69) is 0 Å². The van der Waals surface area contributed by atoms with Gasteiger partial charge in [0.25, 0.3) is 0 Å². The van der Waals surface area contributed by atoms with Crippen LogP contribution < -0.4 is 4.74 Å². The van der Waals surface area contributed by atoms with E-state index in [0.717, 1.165) is 16.0 Å². The first-order chi connectivity index (χ1) is 8.11. The monoisotopic (exact) mass is 246 g/mol. The van der Waals surface area contributed by atoms with Gasteiger partial charge in [0, 0.05) is 15.8 Å². The smallest absolute Gasteiger partial charge is 0.197 e. The van der Waals surface area contributed by atoms with Crippen molar-refractivity contribution in [2.24, 2.45) is 0 Å². The molecule has 0 saturated carbocycles. The molecule has 2 aromatic rings. The Morgan fingerprint density at radius 3 is 2.59 bits per heavy atom. The molecule has 17 heavy (non-hydrogen) atoms. The molecule has 1 aromatic heterocycles. The molecule has 0 unspecified atom stereocenters. The maximum atomic E-state index is 12.3. The number of ether oxygens (including phenoxy) is 1. The third-order valence-electron chi connectivity index (χ3n) is 2.59. The van der Waals surface area contributed by atoms with Gasteiger partial charge in [-0.2, -0.15) is 0 Å². The summed E-state index contributed by atoms with van der Waals surface area (Å²) in [5.41, 5.74) is 2.42. The van der Waals surface area contributed by atoms with Gasteiger partial charge in [-0.1, -0.05) is 11.6 Å². The van der Waals surface area contributed by atoms with Crippen LogP contribution in [-0.2, 0) is 0 Å². The fourth-order valence-corrected chi connectivity index (χ4v) is 2.40. The molecular weight excluding hydrogens is 232 g/mol. The van der Waals surface area contributed by atoms with E-state index < -0.39 is 0 Å². The average molecular weight is 246 g/mol. The van der Waals surface area contributed by atoms with Crippen molar-refractivity contribution in [3.05, 3.63) is 51.2 Å². The summed E-state index contributed by atoms with van der Waals surface area (Å²) in [6, 6.07) is 7.55. The molecule has 0 aliphatic rings. The highest BCUT2D eigenvalue weighted by Gasteiger charge is 2.15. The van der Waals surface area contributed by atoms with E-state index in [1.54, 1.807) is 18.4 Å². The molecule has 3 heteroatoms. The summed E-state index contributed by atoms with van der Waals surface area (Å²) in [5, 5.41) is 1.89. The van der Waals surface area contributed by atoms with Gasteiger partial charge in [0.2, 0.25) is 0 Å². The Balaban J connectivity index is 2.46. The third-order valence-corrected chi connectivity index (χ3v) is 3.45. The van der Waals surface area contributed by atoms with Crippen LogP contribution in [0.3, 0.4) is 0 Å². The average Bonchev–Trinajstić information content (AvgIpc) is 2.75. The first-order valence-electron chi connectivity index (χ1n) is 5.36. The van der Waals surface area contributed by atoms with E-state index in [0.29, 0.717) is 11.3 Å². The van der Waals surface area contributed by atoms with Crippen LogP contribution in [0.4, 0.5) is 0 Å². The highest BCUT2D eigenvalue weighted by atomic mass is 32.1. The molecule has 2 nitrogen and oxygen atoms in total. The maximum Gasteiger partial charge on any atom is 0.197 e. The summed E-state index contributed by atoms with van der Waals surface area (Å²) in [5.74, 6) is 0.652. The van der Waals surface area contributed by atoms with Gasteiger partial charge in [-0.3, -0.25) is 4.79 Å². The molecule has 0 spiro atoms. The highest BCUT2D eigenvalue weighted by molar-refractivity contribution is 7.10. The Morgan fingerprint density at radius 1 is 1.24 bits per heavy atom. The van der Waals surface area contributed by atoms with Crippen LogP contribution in [0, 0.1) is 13.8 Å².